The average molecular weight is 280 g/mol. The predicted octanol–water partition coefficient (Wildman–Crippen LogP) is -2.42. The molecule has 0 saturated carbocycles. The van der Waals surface area contributed by atoms with E-state index in [1.54, 1.807) is 4.98 Å². The third-order valence-electron chi connectivity index (χ3n) is 2.77. The van der Waals surface area contributed by atoms with Crippen LogP contribution in [0.3, 0.4) is 0 Å². The van der Waals surface area contributed by atoms with E-state index in [2.05, 4.69) is 0 Å². The van der Waals surface area contributed by atoms with E-state index >= 15 is 0 Å². The van der Waals surface area contributed by atoms with Gasteiger partial charge >= 0.3 is 5.69 Å². The Morgan fingerprint density at radius 1 is 1.53 bits per heavy atom. The number of hydrogen-bond donors (Lipinski definition) is 4. The van der Waals surface area contributed by atoms with Gasteiger partial charge in [-0.25, -0.2) is 9.18 Å². The highest BCUT2D eigenvalue weighted by Gasteiger charge is 2.57. The quantitative estimate of drug-likeness (QED) is 0.478. The molecule has 106 valence electrons. The average Bonchev–Trinajstić information content (AvgIpc) is 2.56. The molecule has 1 aliphatic rings. The second-order valence-corrected chi connectivity index (χ2v) is 4.03. The maximum absolute atomic E-state index is 13.9. The summed E-state index contributed by atoms with van der Waals surface area (Å²) in [5.41, 5.74) is -2.56. The summed E-state index contributed by atoms with van der Waals surface area (Å²) in [6.45, 7) is -0.829. The zero-order chi connectivity index (χ0) is 14.4. The van der Waals surface area contributed by atoms with E-state index < -0.39 is 48.0 Å². The molecule has 0 radical (unpaired) electrons. The summed E-state index contributed by atoms with van der Waals surface area (Å²) < 4.78 is 32.0. The minimum absolute atomic E-state index is 0.246. The van der Waals surface area contributed by atoms with Crippen LogP contribution in [0, 0.1) is 5.82 Å². The highest BCUT2D eigenvalue weighted by atomic mass is 19.2. The highest BCUT2D eigenvalue weighted by Crippen LogP contribution is 2.38. The van der Waals surface area contributed by atoms with Crippen molar-refractivity contribution in [3.8, 4) is 0 Å². The summed E-state index contributed by atoms with van der Waals surface area (Å²) in [5, 5.41) is 27.6. The van der Waals surface area contributed by atoms with Crippen LogP contribution in [0.2, 0.25) is 0 Å². The van der Waals surface area contributed by atoms with Crippen LogP contribution in [0.25, 0.3) is 0 Å². The topological polar surface area (TPSA) is 125 Å². The van der Waals surface area contributed by atoms with Crippen molar-refractivity contribution in [1.82, 2.24) is 9.55 Å². The smallest absolute Gasteiger partial charge is 0.330 e. The molecule has 0 unspecified atom stereocenters. The molecule has 0 bridgehead atoms. The van der Waals surface area contributed by atoms with Gasteiger partial charge < -0.3 is 20.1 Å². The molecular formula is C9H10F2N2O6. The summed E-state index contributed by atoms with van der Waals surface area (Å²) in [5.74, 6) is -4.83. The van der Waals surface area contributed by atoms with Crippen LogP contribution in [-0.4, -0.2) is 49.5 Å². The molecule has 8 nitrogen and oxygen atoms in total. The summed E-state index contributed by atoms with van der Waals surface area (Å²) >= 11 is 0. The first kappa shape index (κ1) is 13.8. The molecule has 1 aromatic rings. The van der Waals surface area contributed by atoms with Crippen LogP contribution < -0.4 is 11.2 Å². The lowest BCUT2D eigenvalue weighted by molar-refractivity contribution is -0.197. The van der Waals surface area contributed by atoms with Gasteiger partial charge in [-0.15, -0.1) is 0 Å². The molecule has 0 amide bonds. The Hall–Kier alpha value is -1.62. The van der Waals surface area contributed by atoms with E-state index in [9.17, 15) is 28.6 Å². The number of nitrogens with zero attached hydrogens (tertiary/aromatic N) is 1. The van der Waals surface area contributed by atoms with Gasteiger partial charge in [0.25, 0.3) is 11.4 Å². The Balaban J connectivity index is 2.51. The zero-order valence-corrected chi connectivity index (χ0v) is 9.29. The van der Waals surface area contributed by atoms with Crippen molar-refractivity contribution in [3.63, 3.8) is 0 Å². The fourth-order valence-electron chi connectivity index (χ4n) is 1.78. The van der Waals surface area contributed by atoms with Gasteiger partial charge in [-0.05, 0) is 0 Å². The third kappa shape index (κ3) is 2.08. The van der Waals surface area contributed by atoms with Crippen LogP contribution in [-0.2, 0) is 4.74 Å². The first-order valence-electron chi connectivity index (χ1n) is 5.15. The Morgan fingerprint density at radius 2 is 2.16 bits per heavy atom. The molecule has 2 heterocycles. The molecule has 0 aliphatic carbocycles. The monoisotopic (exact) mass is 280 g/mol. The minimum Gasteiger partial charge on any atom is -0.394 e. The molecule has 4 N–H and O–H groups in total. The molecule has 1 aliphatic heterocycles. The first-order chi connectivity index (χ1) is 8.78. The Bertz CT molecular complexity index is 597. The summed E-state index contributed by atoms with van der Waals surface area (Å²) in [7, 11) is 0. The van der Waals surface area contributed by atoms with Gasteiger partial charge in [0.15, 0.2) is 6.23 Å². The van der Waals surface area contributed by atoms with Gasteiger partial charge in [-0.1, -0.05) is 0 Å². The van der Waals surface area contributed by atoms with E-state index in [4.69, 9.17) is 9.84 Å². The number of alkyl halides is 1. The van der Waals surface area contributed by atoms with E-state index in [1.165, 1.54) is 0 Å². The SMILES string of the molecule is O=c1[nH]c(=O)n([C@@H]2O[C@H](CO)[C@@H](O)[C@@]2(O)F)cc1F. The Labute approximate surface area is 103 Å². The van der Waals surface area contributed by atoms with Crippen LogP contribution in [0.4, 0.5) is 8.78 Å². The number of aliphatic hydroxyl groups is 3. The van der Waals surface area contributed by atoms with Gasteiger partial charge in [-0.3, -0.25) is 14.3 Å². The molecule has 19 heavy (non-hydrogen) atoms. The largest absolute Gasteiger partial charge is 0.394 e. The lowest BCUT2D eigenvalue weighted by Crippen LogP contribution is -2.46. The fourth-order valence-corrected chi connectivity index (χ4v) is 1.78. The summed E-state index contributed by atoms with van der Waals surface area (Å²) in [6, 6.07) is 0. The highest BCUT2D eigenvalue weighted by molar-refractivity contribution is 4.98. The molecule has 4 atom stereocenters. The van der Waals surface area contributed by atoms with Crippen molar-refractivity contribution >= 4 is 0 Å². The lowest BCUT2D eigenvalue weighted by atomic mass is 10.1. The van der Waals surface area contributed by atoms with Gasteiger partial charge in [0, 0.05) is 0 Å². The number of aromatic amines is 1. The molecule has 10 heteroatoms. The van der Waals surface area contributed by atoms with Crippen LogP contribution in [0.5, 0.6) is 0 Å². The van der Waals surface area contributed by atoms with E-state index in [0.29, 0.717) is 6.20 Å². The number of hydrogen-bond acceptors (Lipinski definition) is 6. The zero-order valence-electron chi connectivity index (χ0n) is 9.29. The van der Waals surface area contributed by atoms with Gasteiger partial charge in [0.1, 0.15) is 12.2 Å². The number of halogens is 2. The lowest BCUT2D eigenvalue weighted by Gasteiger charge is -2.23. The standard InChI is InChI=1S/C9H10F2N2O6/c10-3-1-13(8(17)12-6(3)16)7-9(11,18)5(15)4(2-14)19-7/h1,4-5,7,14-15,18H,2H2,(H,12,16,17)/t4-,5-,7-,9+/m1/s1. The van der Waals surface area contributed by atoms with E-state index in [0.717, 1.165) is 0 Å². The second kappa shape index (κ2) is 4.49. The maximum atomic E-state index is 13.9. The van der Waals surface area contributed by atoms with E-state index in [1.807, 2.05) is 0 Å². The molecular weight excluding hydrogens is 270 g/mol. The second-order valence-electron chi connectivity index (χ2n) is 4.03. The van der Waals surface area contributed by atoms with Crippen LogP contribution >= 0.6 is 0 Å². The number of nitrogens with one attached hydrogen (secondary N) is 1. The van der Waals surface area contributed by atoms with Gasteiger partial charge in [-0.2, -0.15) is 4.39 Å². The number of rotatable bonds is 2. The molecule has 2 rings (SSSR count). The minimum atomic E-state index is -3.43. The number of aromatic nitrogens is 2. The van der Waals surface area contributed by atoms with Crippen molar-refractivity contribution in [2.24, 2.45) is 0 Å². The molecule has 0 aromatic carbocycles. The van der Waals surface area contributed by atoms with Gasteiger partial charge in [0.05, 0.1) is 12.8 Å². The van der Waals surface area contributed by atoms with Crippen molar-refractivity contribution < 1.29 is 28.8 Å². The molecule has 1 fully saturated rings. The normalized spacial score (nSPS) is 34.7. The molecule has 0 spiro atoms. The van der Waals surface area contributed by atoms with Gasteiger partial charge in [0.2, 0.25) is 5.82 Å². The predicted molar refractivity (Wildman–Crippen MR) is 54.3 cm³/mol. The van der Waals surface area contributed by atoms with E-state index in [-0.39, 0.29) is 4.57 Å². The summed E-state index contributed by atoms with van der Waals surface area (Å²) in [6.07, 6.45) is -5.40. The number of ether oxygens (including phenoxy) is 1. The Morgan fingerprint density at radius 3 is 2.68 bits per heavy atom. The van der Waals surface area contributed by atoms with Crippen molar-refractivity contribution in [3.05, 3.63) is 32.9 Å². The van der Waals surface area contributed by atoms with Crippen LogP contribution in [0.15, 0.2) is 15.8 Å². The van der Waals surface area contributed by atoms with Crippen molar-refractivity contribution in [2.75, 3.05) is 6.61 Å². The molecule has 1 aromatic heterocycles. The first-order valence-corrected chi connectivity index (χ1v) is 5.15. The number of aliphatic hydroxyl groups excluding tert-OH is 2. The van der Waals surface area contributed by atoms with Crippen molar-refractivity contribution in [1.29, 1.82) is 0 Å². The third-order valence-corrected chi connectivity index (χ3v) is 2.77. The fraction of sp³-hybridized carbons (Fsp3) is 0.556. The van der Waals surface area contributed by atoms with Crippen LogP contribution in [0.1, 0.15) is 6.23 Å². The maximum Gasteiger partial charge on any atom is 0.330 e. The van der Waals surface area contributed by atoms with Crippen molar-refractivity contribution in [2.45, 2.75) is 24.3 Å². The number of H-pyrrole nitrogens is 1. The Kier molecular flexibility index (Phi) is 3.26. The summed E-state index contributed by atoms with van der Waals surface area (Å²) in [4.78, 5) is 23.8. The molecule has 1 saturated heterocycles.